The summed E-state index contributed by atoms with van der Waals surface area (Å²) in [5.74, 6) is -0.540. The van der Waals surface area contributed by atoms with Crippen LogP contribution in [0.15, 0.2) is 6.07 Å². The Morgan fingerprint density at radius 3 is 2.62 bits per heavy atom. The molecule has 1 aromatic heterocycles. The van der Waals surface area contributed by atoms with E-state index in [1.165, 1.54) is 0 Å². The van der Waals surface area contributed by atoms with Crippen molar-refractivity contribution >= 4 is 35.0 Å². The molecule has 0 spiro atoms. The number of carboxylic acid groups (broad SMARTS) is 1. The van der Waals surface area contributed by atoms with Gasteiger partial charge >= 0.3 is 12.1 Å². The van der Waals surface area contributed by atoms with E-state index in [0.717, 1.165) is 17.8 Å². The monoisotopic (exact) mass is 373 g/mol. The largest absolute Gasteiger partial charge is 0.488 e. The van der Waals surface area contributed by atoms with E-state index in [4.69, 9.17) is 21.1 Å². The van der Waals surface area contributed by atoms with Crippen LogP contribution in [0.3, 0.4) is 0 Å². The molecule has 3 unspecified atom stereocenters. The predicted octanol–water partition coefficient (Wildman–Crippen LogP) is 3.88. The molecule has 1 saturated carbocycles. The Balaban J connectivity index is 1.64. The zero-order chi connectivity index (χ0) is 17.6. The van der Waals surface area contributed by atoms with Crippen molar-refractivity contribution in [2.75, 3.05) is 6.54 Å². The average molecular weight is 374 g/mol. The van der Waals surface area contributed by atoms with E-state index in [2.05, 4.69) is 0 Å². The van der Waals surface area contributed by atoms with Crippen LogP contribution in [0.5, 0.6) is 5.75 Å². The predicted molar refractivity (Wildman–Crippen MR) is 90.2 cm³/mol. The van der Waals surface area contributed by atoms with Crippen molar-refractivity contribution in [1.82, 2.24) is 4.90 Å². The molecule has 2 aliphatic rings. The van der Waals surface area contributed by atoms with Gasteiger partial charge in [-0.3, -0.25) is 0 Å². The van der Waals surface area contributed by atoms with Crippen molar-refractivity contribution in [3.63, 3.8) is 0 Å². The number of likely N-dealkylation sites (tertiary alicyclic amines) is 1. The highest BCUT2D eigenvalue weighted by atomic mass is 35.5. The van der Waals surface area contributed by atoms with Gasteiger partial charge in [0.15, 0.2) is 4.88 Å². The van der Waals surface area contributed by atoms with Crippen LogP contribution in [0.2, 0.25) is 4.34 Å². The van der Waals surface area contributed by atoms with E-state index in [9.17, 15) is 14.7 Å². The SMILES string of the molecule is CC(C)(C)OC(=O)N1CC2CC1CC2Oc1cc(Cl)sc1C(=O)O. The number of hydrogen-bond donors (Lipinski definition) is 1. The molecule has 3 rings (SSSR count). The quantitative estimate of drug-likeness (QED) is 0.870. The molecule has 1 saturated heterocycles. The zero-order valence-electron chi connectivity index (χ0n) is 13.7. The molecule has 24 heavy (non-hydrogen) atoms. The molecule has 0 aromatic carbocycles. The summed E-state index contributed by atoms with van der Waals surface area (Å²) in [7, 11) is 0. The van der Waals surface area contributed by atoms with E-state index < -0.39 is 11.6 Å². The molecule has 1 amide bonds. The minimum atomic E-state index is -1.04. The molecule has 0 radical (unpaired) electrons. The Morgan fingerprint density at radius 2 is 2.08 bits per heavy atom. The normalized spacial score (nSPS) is 25.8. The highest BCUT2D eigenvalue weighted by molar-refractivity contribution is 7.18. The summed E-state index contributed by atoms with van der Waals surface area (Å²) in [6.07, 6.45) is 1.14. The molecule has 1 aliphatic carbocycles. The first-order valence-electron chi connectivity index (χ1n) is 7.83. The van der Waals surface area contributed by atoms with Crippen LogP contribution in [0.25, 0.3) is 0 Å². The number of fused-ring (bicyclic) bond motifs is 2. The first kappa shape index (κ1) is 17.4. The lowest BCUT2D eigenvalue weighted by molar-refractivity contribution is 0.0105. The van der Waals surface area contributed by atoms with E-state index in [-0.39, 0.29) is 29.0 Å². The highest BCUT2D eigenvalue weighted by Crippen LogP contribution is 2.42. The second-order valence-corrected chi connectivity index (χ2v) is 8.91. The summed E-state index contributed by atoms with van der Waals surface area (Å²) in [5.41, 5.74) is -0.515. The van der Waals surface area contributed by atoms with Crippen molar-refractivity contribution < 1.29 is 24.2 Å². The number of piperidine rings is 1. The molecular weight excluding hydrogens is 354 g/mol. The van der Waals surface area contributed by atoms with Crippen LogP contribution < -0.4 is 4.74 Å². The average Bonchev–Trinajstić information content (AvgIpc) is 3.10. The second kappa shape index (κ2) is 6.11. The van der Waals surface area contributed by atoms with E-state index in [0.29, 0.717) is 23.1 Å². The topological polar surface area (TPSA) is 76.1 Å². The molecule has 1 aliphatic heterocycles. The summed E-state index contributed by atoms with van der Waals surface area (Å²) in [6.45, 7) is 6.11. The van der Waals surface area contributed by atoms with Gasteiger partial charge in [-0.25, -0.2) is 9.59 Å². The minimum Gasteiger partial charge on any atom is -0.488 e. The van der Waals surface area contributed by atoms with Crippen molar-refractivity contribution in [3.8, 4) is 5.75 Å². The third-order valence-electron chi connectivity index (χ3n) is 4.25. The fraction of sp³-hybridized carbons (Fsp3) is 0.625. The number of carbonyl (C=O) groups excluding carboxylic acids is 1. The molecule has 6 nitrogen and oxygen atoms in total. The maximum absolute atomic E-state index is 12.2. The first-order valence-corrected chi connectivity index (χ1v) is 9.02. The van der Waals surface area contributed by atoms with Crippen LogP contribution in [-0.2, 0) is 4.74 Å². The minimum absolute atomic E-state index is 0.0808. The van der Waals surface area contributed by atoms with Crippen LogP contribution in [0, 0.1) is 5.92 Å². The molecule has 3 atom stereocenters. The lowest BCUT2D eigenvalue weighted by atomic mass is 10.1. The van der Waals surface area contributed by atoms with Gasteiger partial charge in [-0.2, -0.15) is 0 Å². The molecule has 1 N–H and O–H groups in total. The first-order chi connectivity index (χ1) is 11.1. The van der Waals surface area contributed by atoms with Crippen LogP contribution in [-0.4, -0.2) is 46.4 Å². The number of hydrogen-bond acceptors (Lipinski definition) is 5. The number of ether oxygens (including phenoxy) is 2. The number of carbonyl (C=O) groups is 2. The molecule has 1 aromatic rings. The molecule has 8 heteroatoms. The highest BCUT2D eigenvalue weighted by Gasteiger charge is 2.49. The van der Waals surface area contributed by atoms with Gasteiger partial charge in [-0.05, 0) is 27.2 Å². The van der Waals surface area contributed by atoms with Gasteiger partial charge in [0.05, 0.1) is 4.34 Å². The van der Waals surface area contributed by atoms with Crippen molar-refractivity contribution in [2.45, 2.75) is 51.4 Å². The fourth-order valence-corrected chi connectivity index (χ4v) is 4.33. The lowest BCUT2D eigenvalue weighted by Gasteiger charge is -2.33. The Bertz CT molecular complexity index is 668. The van der Waals surface area contributed by atoms with Gasteiger partial charge in [0.25, 0.3) is 0 Å². The number of nitrogens with zero attached hydrogens (tertiary/aromatic N) is 1. The van der Waals surface area contributed by atoms with Gasteiger partial charge < -0.3 is 19.5 Å². The number of halogens is 1. The number of carboxylic acids is 1. The third kappa shape index (κ3) is 3.47. The summed E-state index contributed by atoms with van der Waals surface area (Å²) >= 11 is 6.90. The zero-order valence-corrected chi connectivity index (χ0v) is 15.3. The smallest absolute Gasteiger partial charge is 0.410 e. The van der Waals surface area contributed by atoms with Crippen molar-refractivity contribution in [2.24, 2.45) is 5.92 Å². The fourth-order valence-electron chi connectivity index (χ4n) is 3.34. The van der Waals surface area contributed by atoms with Gasteiger partial charge in [0, 0.05) is 31.0 Å². The number of rotatable bonds is 3. The van der Waals surface area contributed by atoms with Gasteiger partial charge in [0.2, 0.25) is 0 Å². The second-order valence-electron chi connectivity index (χ2n) is 7.22. The number of aromatic carboxylic acids is 1. The Kier molecular flexibility index (Phi) is 4.42. The maximum atomic E-state index is 12.2. The Morgan fingerprint density at radius 1 is 1.38 bits per heavy atom. The summed E-state index contributed by atoms with van der Waals surface area (Å²) in [6, 6.07) is 1.63. The van der Waals surface area contributed by atoms with Crippen LogP contribution in [0.4, 0.5) is 4.79 Å². The Labute approximate surface area is 149 Å². The van der Waals surface area contributed by atoms with E-state index >= 15 is 0 Å². The maximum Gasteiger partial charge on any atom is 0.410 e. The Hall–Kier alpha value is -1.47. The van der Waals surface area contributed by atoms with Crippen molar-refractivity contribution in [1.29, 1.82) is 0 Å². The molecule has 132 valence electrons. The van der Waals surface area contributed by atoms with E-state index in [1.807, 2.05) is 20.8 Å². The summed E-state index contributed by atoms with van der Waals surface area (Å²) in [4.78, 5) is 25.4. The summed E-state index contributed by atoms with van der Waals surface area (Å²) in [5, 5.41) is 9.21. The third-order valence-corrected chi connectivity index (χ3v) is 5.48. The van der Waals surface area contributed by atoms with Crippen molar-refractivity contribution in [3.05, 3.63) is 15.3 Å². The molecular formula is C16H20ClNO5S. The van der Waals surface area contributed by atoms with Crippen LogP contribution >= 0.6 is 22.9 Å². The molecule has 2 bridgehead atoms. The standard InChI is InChI=1S/C16H20ClNO5S/c1-16(2,3)23-15(21)18-7-8-4-9(18)5-10(8)22-11-6-12(17)24-13(11)14(19)20/h6,8-10H,4-5,7H2,1-3H3,(H,19,20). The number of thiophene rings is 1. The molecule has 2 fully saturated rings. The van der Waals surface area contributed by atoms with Gasteiger partial charge in [-0.15, -0.1) is 11.3 Å². The van der Waals surface area contributed by atoms with E-state index in [1.54, 1.807) is 11.0 Å². The number of amides is 1. The van der Waals surface area contributed by atoms with Gasteiger partial charge in [-0.1, -0.05) is 11.6 Å². The summed E-state index contributed by atoms with van der Waals surface area (Å²) < 4.78 is 11.7. The van der Waals surface area contributed by atoms with Crippen LogP contribution in [0.1, 0.15) is 43.3 Å². The van der Waals surface area contributed by atoms with Gasteiger partial charge in [0.1, 0.15) is 17.5 Å². The molecule has 2 heterocycles. The lowest BCUT2D eigenvalue weighted by Crippen LogP contribution is -2.45.